The lowest BCUT2D eigenvalue weighted by Crippen LogP contribution is -2.31. The van der Waals surface area contributed by atoms with Crippen LogP contribution in [0.2, 0.25) is 0 Å². The molecule has 4 heteroatoms. The first-order valence-electron chi connectivity index (χ1n) is 6.01. The summed E-state index contributed by atoms with van der Waals surface area (Å²) in [4.78, 5) is 18.0. The molecule has 2 rings (SSSR count). The van der Waals surface area contributed by atoms with E-state index in [1.807, 2.05) is 13.8 Å². The van der Waals surface area contributed by atoms with E-state index in [0.717, 1.165) is 5.39 Å². The van der Waals surface area contributed by atoms with Crippen molar-refractivity contribution in [2.45, 2.75) is 13.8 Å². The Morgan fingerprint density at radius 1 is 1.22 bits per heavy atom. The zero-order valence-electron chi connectivity index (χ0n) is 10.5. The molecule has 1 amide bonds. The molecule has 0 saturated heterocycles. The van der Waals surface area contributed by atoms with Crippen LogP contribution in [0.1, 0.15) is 24.3 Å². The molecular formula is C14H15FN2O. The number of hydrogen-bond acceptors (Lipinski definition) is 2. The van der Waals surface area contributed by atoms with Crippen LogP contribution in [0.25, 0.3) is 10.9 Å². The summed E-state index contributed by atoms with van der Waals surface area (Å²) < 4.78 is 13.1. The molecule has 0 spiro atoms. The molecule has 3 nitrogen and oxygen atoms in total. The molecule has 94 valence electrons. The fourth-order valence-electron chi connectivity index (χ4n) is 1.88. The Bertz CT molecular complexity index is 579. The molecule has 0 unspecified atom stereocenters. The van der Waals surface area contributed by atoms with E-state index < -0.39 is 0 Å². The number of amides is 1. The van der Waals surface area contributed by atoms with Crippen LogP contribution in [0.4, 0.5) is 4.39 Å². The van der Waals surface area contributed by atoms with Gasteiger partial charge in [0, 0.05) is 24.5 Å². The molecule has 1 aromatic heterocycles. The minimum Gasteiger partial charge on any atom is -0.338 e. The van der Waals surface area contributed by atoms with Gasteiger partial charge in [0.25, 0.3) is 5.91 Å². The largest absolute Gasteiger partial charge is 0.338 e. The maximum Gasteiger partial charge on any atom is 0.272 e. The normalized spacial score (nSPS) is 10.6. The maximum atomic E-state index is 13.1. The molecule has 0 N–H and O–H groups in total. The fourth-order valence-corrected chi connectivity index (χ4v) is 1.88. The van der Waals surface area contributed by atoms with Crippen LogP contribution in [0, 0.1) is 5.82 Å². The predicted octanol–water partition coefficient (Wildman–Crippen LogP) is 2.86. The SMILES string of the molecule is CCN(CC)C(=O)c1ccc2ccc(F)cc2n1. The van der Waals surface area contributed by atoms with Crippen molar-refractivity contribution in [3.05, 3.63) is 41.8 Å². The molecule has 1 heterocycles. The van der Waals surface area contributed by atoms with Crippen LogP contribution >= 0.6 is 0 Å². The minimum atomic E-state index is -0.345. The number of benzene rings is 1. The fraction of sp³-hybridized carbons (Fsp3) is 0.286. The average molecular weight is 246 g/mol. The topological polar surface area (TPSA) is 33.2 Å². The van der Waals surface area contributed by atoms with E-state index in [1.54, 1.807) is 23.1 Å². The molecule has 0 atom stereocenters. The summed E-state index contributed by atoms with van der Waals surface area (Å²) in [7, 11) is 0. The van der Waals surface area contributed by atoms with E-state index in [4.69, 9.17) is 0 Å². The van der Waals surface area contributed by atoms with E-state index in [-0.39, 0.29) is 11.7 Å². The third-order valence-electron chi connectivity index (χ3n) is 2.92. The lowest BCUT2D eigenvalue weighted by Gasteiger charge is -2.18. The number of aromatic nitrogens is 1. The van der Waals surface area contributed by atoms with E-state index in [0.29, 0.717) is 24.3 Å². The summed E-state index contributed by atoms with van der Waals surface area (Å²) in [6.07, 6.45) is 0. The Morgan fingerprint density at radius 2 is 1.89 bits per heavy atom. The second kappa shape index (κ2) is 5.12. The van der Waals surface area contributed by atoms with Gasteiger partial charge in [-0.3, -0.25) is 4.79 Å². The van der Waals surface area contributed by atoms with Gasteiger partial charge in [-0.2, -0.15) is 0 Å². The average Bonchev–Trinajstić information content (AvgIpc) is 2.39. The van der Waals surface area contributed by atoms with Gasteiger partial charge in [-0.25, -0.2) is 9.37 Å². The summed E-state index contributed by atoms with van der Waals surface area (Å²) in [5, 5.41) is 0.826. The molecule has 0 aliphatic rings. The van der Waals surface area contributed by atoms with Crippen LogP contribution in [0.15, 0.2) is 30.3 Å². The van der Waals surface area contributed by atoms with Gasteiger partial charge in [0.2, 0.25) is 0 Å². The zero-order chi connectivity index (χ0) is 13.1. The first-order chi connectivity index (χ1) is 8.65. The van der Waals surface area contributed by atoms with Crippen molar-refractivity contribution in [1.29, 1.82) is 0 Å². The molecule has 0 aliphatic heterocycles. The van der Waals surface area contributed by atoms with Crippen molar-refractivity contribution in [3.63, 3.8) is 0 Å². The van der Waals surface area contributed by atoms with E-state index in [2.05, 4.69) is 4.98 Å². The van der Waals surface area contributed by atoms with Crippen molar-refractivity contribution in [3.8, 4) is 0 Å². The van der Waals surface area contributed by atoms with E-state index >= 15 is 0 Å². The van der Waals surface area contributed by atoms with E-state index in [9.17, 15) is 9.18 Å². The highest BCUT2D eigenvalue weighted by Crippen LogP contribution is 2.15. The maximum absolute atomic E-state index is 13.1. The Hall–Kier alpha value is -1.97. The second-order valence-electron chi connectivity index (χ2n) is 4.01. The van der Waals surface area contributed by atoms with Crippen molar-refractivity contribution in [2.24, 2.45) is 0 Å². The molecule has 2 aromatic rings. The molecule has 0 saturated carbocycles. The van der Waals surface area contributed by atoms with Gasteiger partial charge in [0.05, 0.1) is 5.52 Å². The smallest absolute Gasteiger partial charge is 0.272 e. The lowest BCUT2D eigenvalue weighted by molar-refractivity contribution is 0.0767. The van der Waals surface area contributed by atoms with Crippen LogP contribution in [0.3, 0.4) is 0 Å². The van der Waals surface area contributed by atoms with Gasteiger partial charge in [0.15, 0.2) is 0 Å². The highest BCUT2D eigenvalue weighted by atomic mass is 19.1. The third kappa shape index (κ3) is 2.32. The van der Waals surface area contributed by atoms with Gasteiger partial charge < -0.3 is 4.90 Å². The number of pyridine rings is 1. The van der Waals surface area contributed by atoms with Crippen LogP contribution in [-0.2, 0) is 0 Å². The summed E-state index contributed by atoms with van der Waals surface area (Å²) in [6, 6.07) is 7.85. The van der Waals surface area contributed by atoms with Gasteiger partial charge in [-0.1, -0.05) is 6.07 Å². The van der Waals surface area contributed by atoms with Crippen LogP contribution in [0.5, 0.6) is 0 Å². The Morgan fingerprint density at radius 3 is 2.56 bits per heavy atom. The number of rotatable bonds is 3. The third-order valence-corrected chi connectivity index (χ3v) is 2.92. The zero-order valence-corrected chi connectivity index (χ0v) is 10.5. The molecule has 0 bridgehead atoms. The number of carbonyl (C=O) groups is 1. The molecule has 18 heavy (non-hydrogen) atoms. The standard InChI is InChI=1S/C14H15FN2O/c1-3-17(4-2)14(18)12-8-6-10-5-7-11(15)9-13(10)16-12/h5-9H,3-4H2,1-2H3. The number of hydrogen-bond donors (Lipinski definition) is 0. The van der Waals surface area contributed by atoms with Gasteiger partial charge in [-0.05, 0) is 32.0 Å². The number of fused-ring (bicyclic) bond motifs is 1. The van der Waals surface area contributed by atoms with Crippen molar-refractivity contribution >= 4 is 16.8 Å². The minimum absolute atomic E-state index is 0.119. The Labute approximate surface area is 105 Å². The Balaban J connectivity index is 2.43. The monoisotopic (exact) mass is 246 g/mol. The van der Waals surface area contributed by atoms with Gasteiger partial charge in [0.1, 0.15) is 11.5 Å². The molecular weight excluding hydrogens is 231 g/mol. The lowest BCUT2D eigenvalue weighted by atomic mass is 10.2. The van der Waals surface area contributed by atoms with Crippen molar-refractivity contribution in [1.82, 2.24) is 9.88 Å². The van der Waals surface area contributed by atoms with Crippen molar-refractivity contribution < 1.29 is 9.18 Å². The quantitative estimate of drug-likeness (QED) is 0.834. The van der Waals surface area contributed by atoms with Gasteiger partial charge >= 0.3 is 0 Å². The first-order valence-corrected chi connectivity index (χ1v) is 6.01. The number of nitrogens with zero attached hydrogens (tertiary/aromatic N) is 2. The number of carbonyl (C=O) groups excluding carboxylic acids is 1. The summed E-state index contributed by atoms with van der Waals surface area (Å²) >= 11 is 0. The summed E-state index contributed by atoms with van der Waals surface area (Å²) in [6.45, 7) is 5.11. The second-order valence-corrected chi connectivity index (χ2v) is 4.01. The molecule has 0 aliphatic carbocycles. The molecule has 0 fully saturated rings. The highest BCUT2D eigenvalue weighted by Gasteiger charge is 2.14. The number of halogens is 1. The predicted molar refractivity (Wildman–Crippen MR) is 69.0 cm³/mol. The molecule has 0 radical (unpaired) electrons. The van der Waals surface area contributed by atoms with Crippen LogP contribution < -0.4 is 0 Å². The highest BCUT2D eigenvalue weighted by molar-refractivity contribution is 5.94. The van der Waals surface area contributed by atoms with E-state index in [1.165, 1.54) is 12.1 Å². The van der Waals surface area contributed by atoms with Gasteiger partial charge in [-0.15, -0.1) is 0 Å². The summed E-state index contributed by atoms with van der Waals surface area (Å²) in [5.74, 6) is -0.464. The summed E-state index contributed by atoms with van der Waals surface area (Å²) in [5.41, 5.74) is 0.866. The van der Waals surface area contributed by atoms with Crippen molar-refractivity contribution in [2.75, 3.05) is 13.1 Å². The van der Waals surface area contributed by atoms with Crippen LogP contribution in [-0.4, -0.2) is 28.9 Å². The molecule has 1 aromatic carbocycles. The Kier molecular flexibility index (Phi) is 3.55. The first kappa shape index (κ1) is 12.5.